The van der Waals surface area contributed by atoms with Gasteiger partial charge in [0.2, 0.25) is 0 Å². The Morgan fingerprint density at radius 1 is 1.69 bits per heavy atom. The van der Waals surface area contributed by atoms with Gasteiger partial charge < -0.3 is 15.6 Å². The number of anilines is 1. The summed E-state index contributed by atoms with van der Waals surface area (Å²) in [5.74, 6) is 0.235. The number of rotatable bonds is 2. The van der Waals surface area contributed by atoms with Crippen molar-refractivity contribution in [1.82, 2.24) is 9.55 Å². The maximum atomic E-state index is 11.6. The molecule has 6 nitrogen and oxygen atoms in total. The lowest BCUT2D eigenvalue weighted by atomic mass is 10.2. The molecule has 1 aliphatic rings. The normalized spacial score (nSPS) is 24.9. The van der Waals surface area contributed by atoms with Crippen LogP contribution in [-0.2, 0) is 4.74 Å². The van der Waals surface area contributed by atoms with Gasteiger partial charge in [0.1, 0.15) is 12.0 Å². The van der Waals surface area contributed by atoms with Crippen LogP contribution >= 0.6 is 22.6 Å². The minimum atomic E-state index is -0.415. The van der Waals surface area contributed by atoms with E-state index in [9.17, 15) is 4.79 Å². The van der Waals surface area contributed by atoms with E-state index in [-0.39, 0.29) is 24.8 Å². The molecule has 88 valence electrons. The molecule has 0 amide bonds. The van der Waals surface area contributed by atoms with Gasteiger partial charge in [0, 0.05) is 6.20 Å². The molecule has 1 aliphatic heterocycles. The molecule has 0 aromatic carbocycles. The van der Waals surface area contributed by atoms with Gasteiger partial charge in [-0.2, -0.15) is 4.98 Å². The van der Waals surface area contributed by atoms with Gasteiger partial charge in [-0.15, -0.1) is 0 Å². The maximum Gasteiger partial charge on any atom is 0.351 e. The second-order valence-electron chi connectivity index (χ2n) is 3.64. The van der Waals surface area contributed by atoms with Crippen LogP contribution in [0, 0.1) is 3.57 Å². The molecular weight excluding hydrogens is 325 g/mol. The average Bonchev–Trinajstić information content (AvgIpc) is 2.71. The lowest BCUT2D eigenvalue weighted by Crippen LogP contribution is -2.28. The second-order valence-corrected chi connectivity index (χ2v) is 4.80. The van der Waals surface area contributed by atoms with Crippen molar-refractivity contribution in [3.8, 4) is 0 Å². The van der Waals surface area contributed by atoms with Crippen LogP contribution in [0.15, 0.2) is 11.0 Å². The van der Waals surface area contributed by atoms with Crippen LogP contribution in [-0.4, -0.2) is 27.4 Å². The Labute approximate surface area is 106 Å². The number of aromatic nitrogens is 2. The number of hydrogen-bond acceptors (Lipinski definition) is 5. The third-order valence-corrected chi connectivity index (χ3v) is 3.36. The van der Waals surface area contributed by atoms with Crippen molar-refractivity contribution in [2.24, 2.45) is 0 Å². The first-order chi connectivity index (χ1) is 7.61. The SMILES string of the molecule is Nc1nc(=O)n(C2CCC(CO)O2)cc1I. The van der Waals surface area contributed by atoms with Crippen LogP contribution < -0.4 is 11.4 Å². The average molecular weight is 337 g/mol. The standard InChI is InChI=1S/C9H12IN3O3/c10-6-3-13(9(15)12-8(6)11)7-2-1-5(4-14)16-7/h3,5,7,14H,1-2,4H2,(H2,11,12,15). The summed E-state index contributed by atoms with van der Waals surface area (Å²) < 4.78 is 7.64. The molecule has 0 spiro atoms. The van der Waals surface area contributed by atoms with Gasteiger partial charge in [0.25, 0.3) is 0 Å². The molecule has 16 heavy (non-hydrogen) atoms. The Morgan fingerprint density at radius 2 is 2.44 bits per heavy atom. The minimum Gasteiger partial charge on any atom is -0.394 e. The van der Waals surface area contributed by atoms with Gasteiger partial charge in [0.15, 0.2) is 0 Å². The highest BCUT2D eigenvalue weighted by atomic mass is 127. The summed E-state index contributed by atoms with van der Waals surface area (Å²) in [5, 5.41) is 8.95. The van der Waals surface area contributed by atoms with E-state index in [1.165, 1.54) is 4.57 Å². The topological polar surface area (TPSA) is 90.4 Å². The Morgan fingerprint density at radius 3 is 3.06 bits per heavy atom. The fourth-order valence-corrected chi connectivity index (χ4v) is 2.11. The molecule has 2 unspecified atom stereocenters. The number of aliphatic hydroxyl groups is 1. The molecule has 0 radical (unpaired) electrons. The molecule has 2 heterocycles. The Balaban J connectivity index is 2.28. The molecule has 1 fully saturated rings. The van der Waals surface area contributed by atoms with Crippen molar-refractivity contribution < 1.29 is 9.84 Å². The summed E-state index contributed by atoms with van der Waals surface area (Å²) in [6, 6.07) is 0. The fourth-order valence-electron chi connectivity index (χ4n) is 1.69. The molecule has 1 aromatic heterocycles. The minimum absolute atomic E-state index is 0.0231. The summed E-state index contributed by atoms with van der Waals surface area (Å²) in [4.78, 5) is 15.3. The highest BCUT2D eigenvalue weighted by Crippen LogP contribution is 2.27. The van der Waals surface area contributed by atoms with E-state index in [0.29, 0.717) is 9.99 Å². The van der Waals surface area contributed by atoms with E-state index in [1.54, 1.807) is 6.20 Å². The van der Waals surface area contributed by atoms with Crippen molar-refractivity contribution in [1.29, 1.82) is 0 Å². The van der Waals surface area contributed by atoms with Crippen molar-refractivity contribution in [3.05, 3.63) is 20.3 Å². The van der Waals surface area contributed by atoms with E-state index < -0.39 is 5.69 Å². The number of nitrogens with zero attached hydrogens (tertiary/aromatic N) is 2. The number of nitrogen functional groups attached to an aromatic ring is 1. The molecule has 0 saturated carbocycles. The smallest absolute Gasteiger partial charge is 0.351 e. The van der Waals surface area contributed by atoms with Crippen LogP contribution in [0.4, 0.5) is 5.82 Å². The van der Waals surface area contributed by atoms with Crippen LogP contribution in [0.3, 0.4) is 0 Å². The van der Waals surface area contributed by atoms with Crippen LogP contribution in [0.25, 0.3) is 0 Å². The van der Waals surface area contributed by atoms with E-state index in [4.69, 9.17) is 15.6 Å². The number of hydrogen-bond donors (Lipinski definition) is 2. The lowest BCUT2D eigenvalue weighted by Gasteiger charge is -2.15. The van der Waals surface area contributed by atoms with Gasteiger partial charge in [-0.3, -0.25) is 4.57 Å². The first-order valence-electron chi connectivity index (χ1n) is 4.92. The maximum absolute atomic E-state index is 11.6. The summed E-state index contributed by atoms with van der Waals surface area (Å²) in [5.41, 5.74) is 5.11. The Hall–Kier alpha value is -0.670. The Bertz CT molecular complexity index is 448. The van der Waals surface area contributed by atoms with Crippen LogP contribution in [0.2, 0.25) is 0 Å². The first kappa shape index (κ1) is 11.8. The zero-order chi connectivity index (χ0) is 11.7. The van der Waals surface area contributed by atoms with Crippen molar-refractivity contribution >= 4 is 28.4 Å². The summed E-state index contributed by atoms with van der Waals surface area (Å²) in [6.45, 7) is -0.0231. The molecule has 7 heteroatoms. The number of ether oxygens (including phenoxy) is 1. The third-order valence-electron chi connectivity index (χ3n) is 2.53. The molecule has 2 atom stereocenters. The van der Waals surface area contributed by atoms with E-state index >= 15 is 0 Å². The molecule has 2 rings (SSSR count). The molecule has 0 aliphatic carbocycles. The van der Waals surface area contributed by atoms with Crippen molar-refractivity contribution in [2.45, 2.75) is 25.2 Å². The number of halogens is 1. The highest BCUT2D eigenvalue weighted by molar-refractivity contribution is 14.1. The zero-order valence-electron chi connectivity index (χ0n) is 8.47. The van der Waals surface area contributed by atoms with Crippen molar-refractivity contribution in [2.75, 3.05) is 12.3 Å². The van der Waals surface area contributed by atoms with E-state index in [1.807, 2.05) is 22.6 Å². The predicted molar refractivity (Wildman–Crippen MR) is 65.9 cm³/mol. The van der Waals surface area contributed by atoms with E-state index in [2.05, 4.69) is 4.98 Å². The highest BCUT2D eigenvalue weighted by Gasteiger charge is 2.27. The van der Waals surface area contributed by atoms with Crippen LogP contribution in [0.5, 0.6) is 0 Å². The van der Waals surface area contributed by atoms with Gasteiger partial charge in [0.05, 0.1) is 16.3 Å². The summed E-state index contributed by atoms with van der Waals surface area (Å²) >= 11 is 2.02. The van der Waals surface area contributed by atoms with Gasteiger partial charge in [-0.25, -0.2) is 4.79 Å². The number of aliphatic hydroxyl groups excluding tert-OH is 1. The summed E-state index contributed by atoms with van der Waals surface area (Å²) in [7, 11) is 0. The molecule has 1 aromatic rings. The molecule has 1 saturated heterocycles. The third kappa shape index (κ3) is 2.20. The zero-order valence-corrected chi connectivity index (χ0v) is 10.6. The molecule has 3 N–H and O–H groups in total. The van der Waals surface area contributed by atoms with Crippen molar-refractivity contribution in [3.63, 3.8) is 0 Å². The molecular formula is C9H12IN3O3. The lowest BCUT2D eigenvalue weighted by molar-refractivity contribution is -0.0246. The molecule has 0 bridgehead atoms. The second kappa shape index (κ2) is 4.68. The predicted octanol–water partition coefficient (Wildman–Crippen LogP) is 0.1000. The van der Waals surface area contributed by atoms with Gasteiger partial charge >= 0.3 is 5.69 Å². The fraction of sp³-hybridized carbons (Fsp3) is 0.556. The first-order valence-corrected chi connectivity index (χ1v) is 6.00. The summed E-state index contributed by atoms with van der Waals surface area (Å²) in [6.07, 6.45) is 2.55. The van der Waals surface area contributed by atoms with Gasteiger partial charge in [-0.05, 0) is 35.4 Å². The largest absolute Gasteiger partial charge is 0.394 e. The quantitative estimate of drug-likeness (QED) is 0.747. The van der Waals surface area contributed by atoms with Gasteiger partial charge in [-0.1, -0.05) is 0 Å². The number of nitrogens with two attached hydrogens (primary N) is 1. The monoisotopic (exact) mass is 337 g/mol. The van der Waals surface area contributed by atoms with E-state index in [0.717, 1.165) is 6.42 Å². The van der Waals surface area contributed by atoms with Crippen LogP contribution in [0.1, 0.15) is 19.1 Å². The Kier molecular flexibility index (Phi) is 3.45.